The third-order valence-corrected chi connectivity index (χ3v) is 5.43. The van der Waals surface area contributed by atoms with Crippen LogP contribution in [-0.4, -0.2) is 76.8 Å². The van der Waals surface area contributed by atoms with Gasteiger partial charge in [-0.3, -0.25) is 4.79 Å². The minimum atomic E-state index is -0.591. The number of ether oxygens (including phenoxy) is 3. The lowest BCUT2D eigenvalue weighted by atomic mass is 10.1. The molecule has 0 radical (unpaired) electrons. The number of H-pyrrole nitrogens is 1. The van der Waals surface area contributed by atoms with Crippen molar-refractivity contribution in [1.29, 1.82) is 0 Å². The summed E-state index contributed by atoms with van der Waals surface area (Å²) in [6.07, 6.45) is 1.73. The average molecular weight is 501 g/mol. The SMILES string of the molecule is NCCNC(=O)C1COC(Cc2nc(-c3ccc(F)cc3)c(-c3ccnc(OCCCO)n3)[nH]2)OC1. The van der Waals surface area contributed by atoms with Crippen LogP contribution in [0.3, 0.4) is 0 Å². The molecule has 4 rings (SSSR count). The molecule has 192 valence electrons. The first-order valence-corrected chi connectivity index (χ1v) is 11.7. The van der Waals surface area contributed by atoms with E-state index in [4.69, 9.17) is 30.0 Å². The summed E-state index contributed by atoms with van der Waals surface area (Å²) in [6.45, 7) is 1.49. The number of aliphatic hydroxyl groups is 1. The molecule has 36 heavy (non-hydrogen) atoms. The molecule has 0 atom stereocenters. The Morgan fingerprint density at radius 1 is 1.22 bits per heavy atom. The Balaban J connectivity index is 1.52. The fourth-order valence-electron chi connectivity index (χ4n) is 3.61. The maximum absolute atomic E-state index is 13.5. The lowest BCUT2D eigenvalue weighted by Crippen LogP contribution is -2.43. The highest BCUT2D eigenvalue weighted by atomic mass is 19.1. The second-order valence-corrected chi connectivity index (χ2v) is 8.14. The van der Waals surface area contributed by atoms with Crippen LogP contribution in [0.25, 0.3) is 22.6 Å². The molecule has 0 aliphatic carbocycles. The van der Waals surface area contributed by atoms with Gasteiger partial charge >= 0.3 is 6.01 Å². The van der Waals surface area contributed by atoms with Crippen molar-refractivity contribution in [3.63, 3.8) is 0 Å². The number of rotatable bonds is 11. The van der Waals surface area contributed by atoms with Gasteiger partial charge in [-0.1, -0.05) is 0 Å². The largest absolute Gasteiger partial charge is 0.463 e. The van der Waals surface area contributed by atoms with Gasteiger partial charge in [0.15, 0.2) is 6.29 Å². The van der Waals surface area contributed by atoms with Crippen molar-refractivity contribution in [2.45, 2.75) is 19.1 Å². The van der Waals surface area contributed by atoms with Gasteiger partial charge in [-0.25, -0.2) is 14.4 Å². The maximum Gasteiger partial charge on any atom is 0.316 e. The fourth-order valence-corrected chi connectivity index (χ4v) is 3.61. The van der Waals surface area contributed by atoms with Crippen molar-refractivity contribution in [3.8, 4) is 28.7 Å². The average Bonchev–Trinajstić information content (AvgIpc) is 3.32. The van der Waals surface area contributed by atoms with Crippen LogP contribution in [0.2, 0.25) is 0 Å². The lowest BCUT2D eigenvalue weighted by molar-refractivity contribution is -0.200. The molecule has 0 unspecified atom stereocenters. The van der Waals surface area contributed by atoms with Crippen molar-refractivity contribution < 1.29 is 28.5 Å². The molecule has 1 aliphatic heterocycles. The second-order valence-electron chi connectivity index (χ2n) is 8.14. The molecule has 5 N–H and O–H groups in total. The number of nitrogens with one attached hydrogen (secondary N) is 2. The Labute approximate surface area is 207 Å². The number of carbonyl (C=O) groups is 1. The number of hydrogen-bond donors (Lipinski definition) is 4. The van der Waals surface area contributed by atoms with Crippen LogP contribution in [0, 0.1) is 11.7 Å². The molecule has 3 heterocycles. The summed E-state index contributed by atoms with van der Waals surface area (Å²) in [5.74, 6) is -0.341. The van der Waals surface area contributed by atoms with Crippen LogP contribution in [0.15, 0.2) is 36.5 Å². The molecule has 1 fully saturated rings. The summed E-state index contributed by atoms with van der Waals surface area (Å²) in [4.78, 5) is 28.7. The minimum absolute atomic E-state index is 0.00272. The van der Waals surface area contributed by atoms with Crippen LogP contribution in [0.4, 0.5) is 4.39 Å². The summed E-state index contributed by atoms with van der Waals surface area (Å²) >= 11 is 0. The zero-order valence-corrected chi connectivity index (χ0v) is 19.7. The number of amides is 1. The van der Waals surface area contributed by atoms with Crippen molar-refractivity contribution in [3.05, 3.63) is 48.2 Å². The summed E-state index contributed by atoms with van der Waals surface area (Å²) in [5.41, 5.74) is 7.82. The quantitative estimate of drug-likeness (QED) is 0.282. The first kappa shape index (κ1) is 25.6. The smallest absolute Gasteiger partial charge is 0.316 e. The van der Waals surface area contributed by atoms with E-state index in [1.165, 1.54) is 12.1 Å². The highest BCUT2D eigenvalue weighted by molar-refractivity contribution is 5.79. The summed E-state index contributed by atoms with van der Waals surface area (Å²) in [5, 5.41) is 11.7. The van der Waals surface area contributed by atoms with Crippen LogP contribution in [-0.2, 0) is 20.7 Å². The number of hydrogen-bond acceptors (Lipinski definition) is 9. The van der Waals surface area contributed by atoms with Crippen molar-refractivity contribution in [1.82, 2.24) is 25.3 Å². The molecule has 2 aromatic heterocycles. The zero-order chi connectivity index (χ0) is 25.3. The number of benzene rings is 1. The number of nitrogens with zero attached hydrogens (tertiary/aromatic N) is 3. The highest BCUT2D eigenvalue weighted by Crippen LogP contribution is 2.30. The number of nitrogens with two attached hydrogens (primary N) is 1. The molecular formula is C24H29FN6O5. The molecule has 1 aliphatic rings. The van der Waals surface area contributed by atoms with E-state index in [-0.39, 0.29) is 44.2 Å². The van der Waals surface area contributed by atoms with Gasteiger partial charge < -0.3 is 35.4 Å². The zero-order valence-electron chi connectivity index (χ0n) is 19.7. The van der Waals surface area contributed by atoms with Gasteiger partial charge in [0.2, 0.25) is 5.91 Å². The van der Waals surface area contributed by atoms with Gasteiger partial charge in [-0.05, 0) is 30.3 Å². The van der Waals surface area contributed by atoms with E-state index in [0.29, 0.717) is 54.4 Å². The van der Waals surface area contributed by atoms with E-state index < -0.39 is 12.2 Å². The molecule has 11 nitrogen and oxygen atoms in total. The highest BCUT2D eigenvalue weighted by Gasteiger charge is 2.28. The first-order valence-electron chi connectivity index (χ1n) is 11.7. The molecule has 1 amide bonds. The topological polar surface area (TPSA) is 158 Å². The van der Waals surface area contributed by atoms with Gasteiger partial charge in [0.05, 0.1) is 49.2 Å². The number of aliphatic hydroxyl groups excluding tert-OH is 1. The van der Waals surface area contributed by atoms with E-state index in [9.17, 15) is 9.18 Å². The molecule has 1 saturated heterocycles. The van der Waals surface area contributed by atoms with Crippen molar-refractivity contribution >= 4 is 5.91 Å². The Kier molecular flexibility index (Phi) is 8.90. The summed E-state index contributed by atoms with van der Waals surface area (Å²) in [6, 6.07) is 7.87. The van der Waals surface area contributed by atoms with E-state index in [1.54, 1.807) is 24.4 Å². The normalized spacial score (nSPS) is 17.6. The molecule has 0 saturated carbocycles. The Hall–Kier alpha value is -3.45. The number of aromatic amines is 1. The van der Waals surface area contributed by atoms with Crippen LogP contribution >= 0.6 is 0 Å². The second kappa shape index (κ2) is 12.5. The summed E-state index contributed by atoms with van der Waals surface area (Å²) in [7, 11) is 0. The fraction of sp³-hybridized carbons (Fsp3) is 0.417. The van der Waals surface area contributed by atoms with E-state index >= 15 is 0 Å². The molecular weight excluding hydrogens is 471 g/mol. The number of aromatic nitrogens is 4. The molecule has 0 spiro atoms. The van der Waals surface area contributed by atoms with Gasteiger partial charge in [-0.2, -0.15) is 4.98 Å². The minimum Gasteiger partial charge on any atom is -0.463 e. The van der Waals surface area contributed by atoms with E-state index in [1.807, 2.05) is 0 Å². The lowest BCUT2D eigenvalue weighted by Gasteiger charge is -2.28. The first-order chi connectivity index (χ1) is 17.6. The number of carbonyl (C=O) groups excluding carboxylic acids is 1. The maximum atomic E-state index is 13.5. The van der Waals surface area contributed by atoms with Gasteiger partial charge in [0.1, 0.15) is 11.6 Å². The Morgan fingerprint density at radius 3 is 2.72 bits per heavy atom. The van der Waals surface area contributed by atoms with Gasteiger partial charge in [0.25, 0.3) is 0 Å². The molecule has 1 aromatic carbocycles. The third kappa shape index (κ3) is 6.61. The Morgan fingerprint density at radius 2 is 2.00 bits per heavy atom. The molecule has 0 bridgehead atoms. The van der Waals surface area contributed by atoms with Crippen LogP contribution < -0.4 is 15.8 Å². The third-order valence-electron chi connectivity index (χ3n) is 5.43. The van der Waals surface area contributed by atoms with Crippen LogP contribution in [0.5, 0.6) is 6.01 Å². The number of imidazole rings is 1. The van der Waals surface area contributed by atoms with Gasteiger partial charge in [0, 0.05) is 37.9 Å². The standard InChI is InChI=1S/C24H29FN6O5/c25-17-4-2-15(3-5-17)21-22(18-6-8-28-24(29-18)34-11-1-10-32)31-19(30-21)12-20-35-13-16(14-36-20)23(33)27-9-7-26/h2-6,8,16,20,32H,1,7,9-14,26H2,(H,27,33)(H,30,31). The molecule has 12 heteroatoms. The summed E-state index contributed by atoms with van der Waals surface area (Å²) < 4.78 is 30.6. The van der Waals surface area contributed by atoms with Crippen LogP contribution in [0.1, 0.15) is 12.2 Å². The van der Waals surface area contributed by atoms with Crippen molar-refractivity contribution in [2.75, 3.05) is 39.5 Å². The van der Waals surface area contributed by atoms with Crippen molar-refractivity contribution in [2.24, 2.45) is 11.7 Å². The Bertz CT molecular complexity index is 1130. The van der Waals surface area contributed by atoms with E-state index in [2.05, 4.69) is 20.3 Å². The monoisotopic (exact) mass is 500 g/mol. The number of halogens is 1. The predicted octanol–water partition coefficient (Wildman–Crippen LogP) is 1.04. The van der Waals surface area contributed by atoms with Gasteiger partial charge in [-0.15, -0.1) is 0 Å². The predicted molar refractivity (Wildman–Crippen MR) is 127 cm³/mol. The molecule has 3 aromatic rings. The van der Waals surface area contributed by atoms with E-state index in [0.717, 1.165) is 0 Å².